The van der Waals surface area contributed by atoms with Crippen molar-refractivity contribution in [3.63, 3.8) is 0 Å². The van der Waals surface area contributed by atoms with Crippen LogP contribution < -0.4 is 0 Å². The molecule has 2 N–H and O–H groups in total. The molecule has 0 bridgehead atoms. The van der Waals surface area contributed by atoms with E-state index in [1.165, 1.54) is 0 Å². The third kappa shape index (κ3) is 2.93. The van der Waals surface area contributed by atoms with Gasteiger partial charge in [-0.25, -0.2) is 0 Å². The topological polar surface area (TPSA) is 43.7 Å². The van der Waals surface area contributed by atoms with Crippen LogP contribution in [0.25, 0.3) is 0 Å². The second-order valence-electron chi connectivity index (χ2n) is 4.79. The van der Waals surface area contributed by atoms with Crippen LogP contribution in [-0.4, -0.2) is 40.5 Å². The molecule has 3 heteroatoms. The molecule has 0 heterocycles. The van der Waals surface area contributed by atoms with E-state index in [0.717, 1.165) is 0 Å². The Bertz CT molecular complexity index is 162. The van der Waals surface area contributed by atoms with E-state index in [9.17, 15) is 10.2 Å². The number of likely N-dealkylation sites (N-methyl/N-ethyl adjacent to an activating group) is 1. The van der Waals surface area contributed by atoms with Crippen LogP contribution >= 0.6 is 0 Å². The van der Waals surface area contributed by atoms with Crippen LogP contribution in [0, 0.1) is 5.92 Å². The summed E-state index contributed by atoms with van der Waals surface area (Å²) in [6.07, 6.45) is 0.582. The highest BCUT2D eigenvalue weighted by molar-refractivity contribution is 4.91. The van der Waals surface area contributed by atoms with Gasteiger partial charge in [-0.05, 0) is 40.3 Å². The molecule has 0 saturated heterocycles. The predicted molar refractivity (Wildman–Crippen MR) is 54.4 cm³/mol. The van der Waals surface area contributed by atoms with Crippen LogP contribution in [0.2, 0.25) is 0 Å². The number of aliphatic hydroxyl groups is 2. The maximum absolute atomic E-state index is 10.1. The highest BCUT2D eigenvalue weighted by Crippen LogP contribution is 2.29. The van der Waals surface area contributed by atoms with E-state index < -0.39 is 11.3 Å². The highest BCUT2D eigenvalue weighted by atomic mass is 16.4. The van der Waals surface area contributed by atoms with Gasteiger partial charge in [0.25, 0.3) is 0 Å². The average Bonchev–Trinajstić information content (AvgIpc) is 1.83. The Labute approximate surface area is 81.4 Å². The van der Waals surface area contributed by atoms with Crippen LogP contribution in [0.1, 0.15) is 34.1 Å². The molecule has 0 aromatic carbocycles. The molecule has 2 unspecified atom stereocenters. The summed E-state index contributed by atoms with van der Waals surface area (Å²) in [5.41, 5.74) is -2.26. The summed E-state index contributed by atoms with van der Waals surface area (Å²) in [5, 5.41) is 20.1. The fourth-order valence-corrected chi connectivity index (χ4v) is 1.47. The van der Waals surface area contributed by atoms with Crippen LogP contribution in [0.4, 0.5) is 0 Å². The Morgan fingerprint density at radius 1 is 1.15 bits per heavy atom. The molecule has 0 radical (unpaired) electrons. The summed E-state index contributed by atoms with van der Waals surface area (Å²) in [6.45, 7) is 7.36. The molecule has 0 aliphatic heterocycles. The summed E-state index contributed by atoms with van der Waals surface area (Å²) in [6, 6.07) is 0. The van der Waals surface area contributed by atoms with Crippen molar-refractivity contribution in [2.75, 3.05) is 14.1 Å². The quantitative estimate of drug-likeness (QED) is 0.650. The zero-order chi connectivity index (χ0) is 10.9. The summed E-state index contributed by atoms with van der Waals surface area (Å²) in [7, 11) is 3.52. The fourth-order valence-electron chi connectivity index (χ4n) is 1.47. The molecule has 0 fully saturated rings. The Morgan fingerprint density at radius 2 is 1.54 bits per heavy atom. The number of hydrogen-bond donors (Lipinski definition) is 2. The lowest BCUT2D eigenvalue weighted by Gasteiger charge is -2.44. The standard InChI is InChI=1S/C10H23NO2/c1-8(2)7-9(3,12)10(4,13)11(5)6/h8,12-13H,7H2,1-6H3. The Balaban J connectivity index is 4.60. The molecule has 0 aliphatic carbocycles. The summed E-state index contributed by atoms with van der Waals surface area (Å²) in [4.78, 5) is 1.63. The second-order valence-corrected chi connectivity index (χ2v) is 4.79. The number of hydrogen-bond acceptors (Lipinski definition) is 3. The molecule has 0 saturated carbocycles. The maximum Gasteiger partial charge on any atom is 0.143 e. The normalized spacial score (nSPS) is 21.7. The minimum absolute atomic E-state index is 0.362. The first kappa shape index (κ1) is 12.9. The first-order valence-corrected chi connectivity index (χ1v) is 4.73. The van der Waals surface area contributed by atoms with E-state index in [1.807, 2.05) is 13.8 Å². The molecule has 0 aliphatic rings. The Hall–Kier alpha value is -0.120. The molecular weight excluding hydrogens is 166 g/mol. The third-order valence-corrected chi connectivity index (χ3v) is 2.70. The number of rotatable bonds is 4. The van der Waals surface area contributed by atoms with Gasteiger partial charge in [-0.1, -0.05) is 13.8 Å². The highest BCUT2D eigenvalue weighted by Gasteiger charge is 2.43. The van der Waals surface area contributed by atoms with Crippen molar-refractivity contribution >= 4 is 0 Å². The zero-order valence-corrected chi connectivity index (χ0v) is 9.63. The van der Waals surface area contributed by atoms with Crippen LogP contribution in [-0.2, 0) is 0 Å². The van der Waals surface area contributed by atoms with Crippen molar-refractivity contribution in [3.8, 4) is 0 Å². The van der Waals surface area contributed by atoms with Gasteiger partial charge in [-0.3, -0.25) is 4.90 Å². The van der Waals surface area contributed by atoms with Gasteiger partial charge in [0.2, 0.25) is 0 Å². The molecular formula is C10H23NO2. The monoisotopic (exact) mass is 189 g/mol. The van der Waals surface area contributed by atoms with Gasteiger partial charge in [0, 0.05) is 0 Å². The predicted octanol–water partition coefficient (Wildman–Crippen LogP) is 1.05. The summed E-state index contributed by atoms with van der Waals surface area (Å²) >= 11 is 0. The molecule has 0 amide bonds. The van der Waals surface area contributed by atoms with E-state index in [0.29, 0.717) is 12.3 Å². The van der Waals surface area contributed by atoms with Crippen molar-refractivity contribution < 1.29 is 10.2 Å². The molecule has 0 spiro atoms. The minimum atomic E-state index is -1.18. The molecule has 0 aromatic heterocycles. The minimum Gasteiger partial charge on any atom is -0.386 e. The van der Waals surface area contributed by atoms with Crippen LogP contribution in [0.15, 0.2) is 0 Å². The maximum atomic E-state index is 10.1. The van der Waals surface area contributed by atoms with E-state index in [1.54, 1.807) is 32.8 Å². The lowest BCUT2D eigenvalue weighted by molar-refractivity contribution is -0.207. The van der Waals surface area contributed by atoms with Crippen LogP contribution in [0.3, 0.4) is 0 Å². The molecule has 3 nitrogen and oxygen atoms in total. The van der Waals surface area contributed by atoms with Crippen molar-refractivity contribution in [2.24, 2.45) is 5.92 Å². The zero-order valence-electron chi connectivity index (χ0n) is 9.63. The third-order valence-electron chi connectivity index (χ3n) is 2.70. The van der Waals surface area contributed by atoms with Gasteiger partial charge < -0.3 is 10.2 Å². The van der Waals surface area contributed by atoms with Gasteiger partial charge in [0.05, 0.1) is 0 Å². The fraction of sp³-hybridized carbons (Fsp3) is 1.00. The van der Waals surface area contributed by atoms with E-state index in [-0.39, 0.29) is 0 Å². The van der Waals surface area contributed by atoms with E-state index in [2.05, 4.69) is 0 Å². The smallest absolute Gasteiger partial charge is 0.143 e. The second kappa shape index (κ2) is 3.95. The first-order valence-electron chi connectivity index (χ1n) is 4.73. The van der Waals surface area contributed by atoms with Gasteiger partial charge in [-0.2, -0.15) is 0 Å². The SMILES string of the molecule is CC(C)CC(C)(O)C(C)(O)N(C)C. The van der Waals surface area contributed by atoms with Crippen LogP contribution in [0.5, 0.6) is 0 Å². The largest absolute Gasteiger partial charge is 0.386 e. The summed E-state index contributed by atoms with van der Waals surface area (Å²) < 4.78 is 0. The average molecular weight is 189 g/mol. The number of nitrogens with zero attached hydrogens (tertiary/aromatic N) is 1. The lowest BCUT2D eigenvalue weighted by atomic mass is 9.85. The van der Waals surface area contributed by atoms with Crippen molar-refractivity contribution in [1.29, 1.82) is 0 Å². The lowest BCUT2D eigenvalue weighted by Crippen LogP contribution is -2.59. The molecule has 0 rings (SSSR count). The van der Waals surface area contributed by atoms with Gasteiger partial charge >= 0.3 is 0 Å². The van der Waals surface area contributed by atoms with Crippen molar-refractivity contribution in [1.82, 2.24) is 4.90 Å². The van der Waals surface area contributed by atoms with Gasteiger partial charge in [0.15, 0.2) is 0 Å². The summed E-state index contributed by atoms with van der Waals surface area (Å²) in [5.74, 6) is 0.362. The Morgan fingerprint density at radius 3 is 1.77 bits per heavy atom. The molecule has 0 aromatic rings. The molecule has 80 valence electrons. The molecule has 2 atom stereocenters. The van der Waals surface area contributed by atoms with Gasteiger partial charge in [-0.15, -0.1) is 0 Å². The van der Waals surface area contributed by atoms with E-state index >= 15 is 0 Å². The van der Waals surface area contributed by atoms with Gasteiger partial charge in [0.1, 0.15) is 11.3 Å². The van der Waals surface area contributed by atoms with E-state index in [4.69, 9.17) is 0 Å². The van der Waals surface area contributed by atoms with Crippen molar-refractivity contribution in [2.45, 2.75) is 45.4 Å². The Kier molecular flexibility index (Phi) is 3.91. The van der Waals surface area contributed by atoms with Crippen molar-refractivity contribution in [3.05, 3.63) is 0 Å². The molecule has 13 heavy (non-hydrogen) atoms. The first-order chi connectivity index (χ1) is 5.61.